The average molecular weight is 260 g/mol. The minimum absolute atomic E-state index is 0.0455. The molecule has 1 heterocycles. The van der Waals surface area contributed by atoms with Crippen molar-refractivity contribution in [2.24, 2.45) is 0 Å². The van der Waals surface area contributed by atoms with Crippen LogP contribution >= 0.6 is 0 Å². The molecule has 6 nitrogen and oxygen atoms in total. The summed E-state index contributed by atoms with van der Waals surface area (Å²) >= 11 is 0. The third-order valence-corrected chi connectivity index (χ3v) is 2.86. The van der Waals surface area contributed by atoms with E-state index in [-0.39, 0.29) is 11.2 Å². The van der Waals surface area contributed by atoms with Gasteiger partial charge in [0.15, 0.2) is 5.82 Å². The first-order chi connectivity index (χ1) is 8.80. The Morgan fingerprint density at radius 2 is 2.00 bits per heavy atom. The molecule has 0 aliphatic carbocycles. The first-order valence-electron chi connectivity index (χ1n) is 5.96. The van der Waals surface area contributed by atoms with Gasteiger partial charge in [-0.15, -0.1) is 10.2 Å². The normalized spacial score (nSPS) is 11.6. The average Bonchev–Trinajstić information content (AvgIpc) is 2.76. The Kier molecular flexibility index (Phi) is 3.09. The van der Waals surface area contributed by atoms with E-state index in [0.29, 0.717) is 11.4 Å². The van der Waals surface area contributed by atoms with E-state index in [1.54, 1.807) is 18.5 Å². The smallest absolute Gasteiger partial charge is 0.280 e. The molecule has 0 aliphatic rings. The van der Waals surface area contributed by atoms with Crippen molar-refractivity contribution in [2.45, 2.75) is 33.2 Å². The van der Waals surface area contributed by atoms with Crippen LogP contribution in [-0.4, -0.2) is 19.7 Å². The molecule has 0 saturated carbocycles. The van der Waals surface area contributed by atoms with Crippen LogP contribution in [0.1, 0.15) is 26.3 Å². The topological polar surface area (TPSA) is 73.8 Å². The fraction of sp³-hybridized carbons (Fsp3) is 0.385. The van der Waals surface area contributed by atoms with E-state index in [1.807, 2.05) is 32.3 Å². The van der Waals surface area contributed by atoms with Crippen LogP contribution in [0.2, 0.25) is 0 Å². The van der Waals surface area contributed by atoms with E-state index in [0.717, 1.165) is 5.56 Å². The van der Waals surface area contributed by atoms with Gasteiger partial charge in [-0.05, 0) is 39.3 Å². The number of hydrogen-bond acceptors (Lipinski definition) is 4. The van der Waals surface area contributed by atoms with Gasteiger partial charge in [-0.25, -0.2) is 0 Å². The lowest BCUT2D eigenvalue weighted by atomic mass is 10.1. The Bertz CT molecular complexity index is 626. The molecule has 0 aliphatic heterocycles. The Morgan fingerprint density at radius 3 is 2.58 bits per heavy atom. The molecule has 100 valence electrons. The van der Waals surface area contributed by atoms with E-state index in [1.165, 1.54) is 6.07 Å². The number of benzene rings is 1. The van der Waals surface area contributed by atoms with Crippen molar-refractivity contribution in [1.29, 1.82) is 0 Å². The zero-order chi connectivity index (χ0) is 14.2. The van der Waals surface area contributed by atoms with Gasteiger partial charge in [0, 0.05) is 11.6 Å². The Labute approximate surface area is 111 Å². The van der Waals surface area contributed by atoms with Crippen LogP contribution in [-0.2, 0) is 5.54 Å². The number of nitrogens with zero attached hydrogens (tertiary/aromatic N) is 4. The molecule has 0 bridgehead atoms. The van der Waals surface area contributed by atoms with Crippen molar-refractivity contribution in [3.8, 4) is 11.4 Å². The quantitative estimate of drug-likeness (QED) is 0.614. The van der Waals surface area contributed by atoms with Crippen LogP contribution in [0.4, 0.5) is 5.69 Å². The van der Waals surface area contributed by atoms with Crippen LogP contribution in [0.25, 0.3) is 11.4 Å². The molecule has 1 aromatic carbocycles. The van der Waals surface area contributed by atoms with Crippen molar-refractivity contribution in [2.75, 3.05) is 0 Å². The molecule has 0 N–H and O–H groups in total. The van der Waals surface area contributed by atoms with Gasteiger partial charge in [0.25, 0.3) is 5.69 Å². The van der Waals surface area contributed by atoms with E-state index in [2.05, 4.69) is 10.2 Å². The molecular formula is C13H16N4O2. The molecule has 1 aromatic heterocycles. The molecule has 0 radical (unpaired) electrons. The number of aryl methyl sites for hydroxylation is 1. The van der Waals surface area contributed by atoms with E-state index >= 15 is 0 Å². The molecule has 0 fully saturated rings. The maximum absolute atomic E-state index is 11.1. The number of rotatable bonds is 2. The van der Waals surface area contributed by atoms with Gasteiger partial charge in [0.1, 0.15) is 6.33 Å². The van der Waals surface area contributed by atoms with Crippen molar-refractivity contribution in [3.63, 3.8) is 0 Å². The van der Waals surface area contributed by atoms with E-state index in [4.69, 9.17) is 0 Å². The lowest BCUT2D eigenvalue weighted by Gasteiger charge is -2.22. The molecule has 6 heteroatoms. The lowest BCUT2D eigenvalue weighted by molar-refractivity contribution is -0.384. The summed E-state index contributed by atoms with van der Waals surface area (Å²) in [4.78, 5) is 10.7. The SMILES string of the molecule is Cc1ccc([N+](=O)[O-])c(-c2nncn2C(C)(C)C)c1. The Hall–Kier alpha value is -2.24. The highest BCUT2D eigenvalue weighted by atomic mass is 16.6. The molecule has 0 unspecified atom stereocenters. The molecular weight excluding hydrogens is 244 g/mol. The summed E-state index contributed by atoms with van der Waals surface area (Å²) in [5.74, 6) is 0.517. The fourth-order valence-corrected chi connectivity index (χ4v) is 1.90. The molecule has 0 amide bonds. The van der Waals surface area contributed by atoms with Crippen molar-refractivity contribution in [1.82, 2.24) is 14.8 Å². The third-order valence-electron chi connectivity index (χ3n) is 2.86. The number of hydrogen-bond donors (Lipinski definition) is 0. The summed E-state index contributed by atoms with van der Waals surface area (Å²) in [6.07, 6.45) is 1.60. The largest absolute Gasteiger partial charge is 0.308 e. The Morgan fingerprint density at radius 1 is 1.32 bits per heavy atom. The van der Waals surface area contributed by atoms with Crippen molar-refractivity contribution >= 4 is 5.69 Å². The van der Waals surface area contributed by atoms with Gasteiger partial charge in [-0.3, -0.25) is 10.1 Å². The molecule has 0 spiro atoms. The summed E-state index contributed by atoms with van der Waals surface area (Å²) < 4.78 is 1.84. The molecule has 2 rings (SSSR count). The van der Waals surface area contributed by atoms with Crippen molar-refractivity contribution < 1.29 is 4.92 Å². The summed E-state index contributed by atoms with van der Waals surface area (Å²) in [5, 5.41) is 19.1. The fourth-order valence-electron chi connectivity index (χ4n) is 1.90. The molecule has 0 saturated heterocycles. The summed E-state index contributed by atoms with van der Waals surface area (Å²) in [6.45, 7) is 7.90. The highest BCUT2D eigenvalue weighted by Crippen LogP contribution is 2.31. The second-order valence-corrected chi connectivity index (χ2v) is 5.47. The summed E-state index contributed by atoms with van der Waals surface area (Å²) in [6, 6.07) is 5.00. The van der Waals surface area contributed by atoms with Crippen LogP contribution in [0.3, 0.4) is 0 Å². The molecule has 0 atom stereocenters. The zero-order valence-electron chi connectivity index (χ0n) is 11.4. The molecule has 2 aromatic rings. The highest BCUT2D eigenvalue weighted by molar-refractivity contribution is 5.69. The van der Waals surface area contributed by atoms with Crippen LogP contribution < -0.4 is 0 Å². The maximum Gasteiger partial charge on any atom is 0.280 e. The van der Waals surface area contributed by atoms with E-state index < -0.39 is 4.92 Å². The summed E-state index contributed by atoms with van der Waals surface area (Å²) in [5.41, 5.74) is 1.25. The summed E-state index contributed by atoms with van der Waals surface area (Å²) in [7, 11) is 0. The number of aromatic nitrogens is 3. The first-order valence-corrected chi connectivity index (χ1v) is 5.96. The standard InChI is InChI=1S/C13H16N4O2/c1-9-5-6-11(17(18)19)10(7-9)12-15-14-8-16(12)13(2,3)4/h5-8H,1-4H3. The second-order valence-electron chi connectivity index (χ2n) is 5.47. The van der Waals surface area contributed by atoms with Crippen LogP contribution in [0, 0.1) is 17.0 Å². The highest BCUT2D eigenvalue weighted by Gasteiger charge is 2.24. The van der Waals surface area contributed by atoms with Gasteiger partial charge in [-0.2, -0.15) is 0 Å². The van der Waals surface area contributed by atoms with Gasteiger partial charge in [0.05, 0.1) is 10.5 Å². The Balaban J connectivity index is 2.69. The number of nitro groups is 1. The van der Waals surface area contributed by atoms with Gasteiger partial charge >= 0.3 is 0 Å². The van der Waals surface area contributed by atoms with Crippen LogP contribution in [0.5, 0.6) is 0 Å². The van der Waals surface area contributed by atoms with Crippen molar-refractivity contribution in [3.05, 3.63) is 40.2 Å². The number of nitro benzene ring substituents is 1. The molecule has 19 heavy (non-hydrogen) atoms. The van der Waals surface area contributed by atoms with Gasteiger partial charge < -0.3 is 4.57 Å². The third kappa shape index (κ3) is 2.47. The minimum atomic E-state index is -0.392. The zero-order valence-corrected chi connectivity index (χ0v) is 11.4. The van der Waals surface area contributed by atoms with E-state index in [9.17, 15) is 10.1 Å². The van der Waals surface area contributed by atoms with Gasteiger partial charge in [-0.1, -0.05) is 6.07 Å². The van der Waals surface area contributed by atoms with Gasteiger partial charge in [0.2, 0.25) is 0 Å². The first kappa shape index (κ1) is 13.2. The lowest BCUT2D eigenvalue weighted by Crippen LogP contribution is -2.22. The minimum Gasteiger partial charge on any atom is -0.308 e. The maximum atomic E-state index is 11.1. The second kappa shape index (κ2) is 4.46. The van der Waals surface area contributed by atoms with Crippen LogP contribution in [0.15, 0.2) is 24.5 Å². The predicted octanol–water partition coefficient (Wildman–Crippen LogP) is 2.92. The predicted molar refractivity (Wildman–Crippen MR) is 71.8 cm³/mol. The monoisotopic (exact) mass is 260 g/mol.